The van der Waals surface area contributed by atoms with Gasteiger partial charge in [-0.05, 0) is 24.6 Å². The molecule has 0 unspecified atom stereocenters. The Kier molecular flexibility index (Phi) is 8.33. The number of carbonyl (C=O) groups is 1. The zero-order valence-corrected chi connectivity index (χ0v) is 17.1. The Morgan fingerprint density at radius 3 is 2.48 bits per heavy atom. The van der Waals surface area contributed by atoms with Crippen LogP contribution in [-0.4, -0.2) is 42.2 Å². The van der Waals surface area contributed by atoms with Crippen LogP contribution in [0.25, 0.3) is 0 Å². The van der Waals surface area contributed by atoms with Crippen LogP contribution in [0, 0.1) is 6.92 Å². The smallest absolute Gasteiger partial charge is 0.419 e. The predicted molar refractivity (Wildman–Crippen MR) is 108 cm³/mol. The van der Waals surface area contributed by atoms with Crippen molar-refractivity contribution in [1.29, 1.82) is 0 Å². The van der Waals surface area contributed by atoms with Crippen LogP contribution in [0.4, 0.5) is 19.0 Å². The summed E-state index contributed by atoms with van der Waals surface area (Å²) in [7, 11) is 0. The van der Waals surface area contributed by atoms with Gasteiger partial charge in [0.05, 0.1) is 5.56 Å². The number of nitrogens with one attached hydrogen (secondary N) is 1. The second-order valence-electron chi connectivity index (χ2n) is 6.55. The van der Waals surface area contributed by atoms with E-state index in [1.807, 2.05) is 36.1 Å². The lowest BCUT2D eigenvalue weighted by molar-refractivity contribution is -0.140. The van der Waals surface area contributed by atoms with Crippen molar-refractivity contribution in [3.63, 3.8) is 0 Å². The molecule has 0 aliphatic carbocycles. The van der Waals surface area contributed by atoms with Crippen molar-refractivity contribution in [3.8, 4) is 0 Å². The molecule has 2 aromatic rings. The number of pyridine rings is 1. The number of hydrogen-bond donors (Lipinski definition) is 2. The maximum atomic E-state index is 13.3. The van der Waals surface area contributed by atoms with Gasteiger partial charge in [0.25, 0.3) is 5.97 Å². The van der Waals surface area contributed by atoms with Crippen LogP contribution in [0.15, 0.2) is 41.4 Å². The van der Waals surface area contributed by atoms with Crippen molar-refractivity contribution in [2.24, 2.45) is 0 Å². The predicted octanol–water partition coefficient (Wildman–Crippen LogP) is 4.20. The molecule has 0 atom stereocenters. The lowest BCUT2D eigenvalue weighted by atomic mass is 10.2. The lowest BCUT2D eigenvalue weighted by Gasteiger charge is -2.29. The van der Waals surface area contributed by atoms with Crippen molar-refractivity contribution in [2.45, 2.75) is 30.8 Å². The molecular formula is C20H24F3N3O2S. The van der Waals surface area contributed by atoms with Crippen LogP contribution in [0.3, 0.4) is 0 Å². The number of anilines is 1. The molecule has 1 aromatic carbocycles. The van der Waals surface area contributed by atoms with Gasteiger partial charge < -0.3 is 15.3 Å². The van der Waals surface area contributed by atoms with E-state index in [4.69, 9.17) is 9.90 Å². The number of halogens is 3. The summed E-state index contributed by atoms with van der Waals surface area (Å²) in [6, 6.07) is 10.4. The number of thioether (sulfide) groups is 1. The summed E-state index contributed by atoms with van der Waals surface area (Å²) in [4.78, 5) is 15.4. The number of nitrogens with zero attached hydrogens (tertiary/aromatic N) is 2. The Hall–Kier alpha value is -2.26. The van der Waals surface area contributed by atoms with Gasteiger partial charge >= 0.3 is 6.18 Å². The third-order valence-corrected chi connectivity index (χ3v) is 5.11. The molecule has 0 radical (unpaired) electrons. The Bertz CT molecular complexity index is 821. The molecule has 29 heavy (non-hydrogen) atoms. The highest BCUT2D eigenvalue weighted by Crippen LogP contribution is 2.38. The lowest BCUT2D eigenvalue weighted by Crippen LogP contribution is -2.44. The number of benzene rings is 1. The van der Waals surface area contributed by atoms with Gasteiger partial charge in [0.2, 0.25) is 0 Å². The number of piperazine rings is 1. The Labute approximate surface area is 172 Å². The molecule has 1 saturated heterocycles. The highest BCUT2D eigenvalue weighted by atomic mass is 32.2. The monoisotopic (exact) mass is 427 g/mol. The van der Waals surface area contributed by atoms with Crippen LogP contribution in [0.2, 0.25) is 0 Å². The molecule has 0 bridgehead atoms. The summed E-state index contributed by atoms with van der Waals surface area (Å²) in [6.07, 6.45) is -4.40. The Morgan fingerprint density at radius 2 is 1.90 bits per heavy atom. The van der Waals surface area contributed by atoms with Gasteiger partial charge in [-0.1, -0.05) is 29.8 Å². The maximum Gasteiger partial charge on any atom is 0.419 e. The minimum atomic E-state index is -4.40. The number of carboxylic acids is 1. The number of carboxylic acid groups (broad SMARTS) is 1. The molecule has 0 spiro atoms. The van der Waals surface area contributed by atoms with Gasteiger partial charge in [-0.15, -0.1) is 11.8 Å². The molecule has 2 heterocycles. The van der Waals surface area contributed by atoms with Gasteiger partial charge in [-0.3, -0.25) is 4.79 Å². The summed E-state index contributed by atoms with van der Waals surface area (Å²) < 4.78 is 40.0. The topological polar surface area (TPSA) is 65.5 Å². The van der Waals surface area contributed by atoms with E-state index >= 15 is 0 Å². The van der Waals surface area contributed by atoms with E-state index in [0.29, 0.717) is 11.6 Å². The van der Waals surface area contributed by atoms with Gasteiger partial charge in [-0.25, -0.2) is 4.98 Å². The second kappa shape index (κ2) is 10.5. The van der Waals surface area contributed by atoms with E-state index < -0.39 is 17.7 Å². The molecular weight excluding hydrogens is 403 g/mol. The third-order valence-electron chi connectivity index (χ3n) is 4.05. The fourth-order valence-corrected chi connectivity index (χ4v) is 3.76. The van der Waals surface area contributed by atoms with Crippen molar-refractivity contribution in [1.82, 2.24) is 10.3 Å². The largest absolute Gasteiger partial charge is 0.481 e. The molecule has 158 valence electrons. The molecule has 1 aliphatic rings. The van der Waals surface area contributed by atoms with Crippen LogP contribution in [0.5, 0.6) is 0 Å². The first-order valence-corrected chi connectivity index (χ1v) is 10.1. The van der Waals surface area contributed by atoms with E-state index in [2.05, 4.69) is 10.3 Å². The SMILES string of the molecule is CC(=O)O.Cc1cccc(CSc2nc(N3CCNCC3)ccc2C(F)(F)F)c1. The molecule has 1 aliphatic heterocycles. The standard InChI is InChI=1S/C18H20F3N3S.C2H4O2/c1-13-3-2-4-14(11-13)12-25-17-15(18(19,20)21)5-6-16(23-17)24-9-7-22-8-10-24;1-2(3)4/h2-6,11,22H,7-10,12H2,1H3;1H3,(H,3,4). The summed E-state index contributed by atoms with van der Waals surface area (Å²) in [5.74, 6) is 0.240. The fourth-order valence-electron chi connectivity index (χ4n) is 2.78. The summed E-state index contributed by atoms with van der Waals surface area (Å²) >= 11 is 1.14. The first-order valence-electron chi connectivity index (χ1n) is 9.08. The van der Waals surface area contributed by atoms with Gasteiger partial charge in [0.15, 0.2) is 0 Å². The quantitative estimate of drug-likeness (QED) is 0.713. The van der Waals surface area contributed by atoms with Crippen LogP contribution in [0.1, 0.15) is 23.6 Å². The average molecular weight is 427 g/mol. The molecule has 3 rings (SSSR count). The highest BCUT2D eigenvalue weighted by Gasteiger charge is 2.34. The summed E-state index contributed by atoms with van der Waals surface area (Å²) in [5.41, 5.74) is 1.42. The van der Waals surface area contributed by atoms with Gasteiger partial charge in [0, 0.05) is 38.9 Å². The van der Waals surface area contributed by atoms with Crippen molar-refractivity contribution in [2.75, 3.05) is 31.1 Å². The van der Waals surface area contributed by atoms with Crippen molar-refractivity contribution in [3.05, 3.63) is 53.1 Å². The zero-order chi connectivity index (χ0) is 21.4. The molecule has 0 saturated carbocycles. The summed E-state index contributed by atoms with van der Waals surface area (Å²) in [5, 5.41) is 10.7. The minimum Gasteiger partial charge on any atom is -0.481 e. The number of aliphatic carboxylic acids is 1. The average Bonchev–Trinajstić information content (AvgIpc) is 2.66. The number of alkyl halides is 3. The zero-order valence-electron chi connectivity index (χ0n) is 16.3. The van der Waals surface area contributed by atoms with E-state index in [-0.39, 0.29) is 5.03 Å². The molecule has 9 heteroatoms. The first kappa shape index (κ1) is 23.0. The second-order valence-corrected chi connectivity index (χ2v) is 7.52. The first-order chi connectivity index (χ1) is 13.7. The Morgan fingerprint density at radius 1 is 1.24 bits per heavy atom. The Balaban J connectivity index is 0.000000687. The van der Waals surface area contributed by atoms with Gasteiger partial charge in [0.1, 0.15) is 10.8 Å². The minimum absolute atomic E-state index is 0.0463. The molecule has 1 aromatic heterocycles. The van der Waals surface area contributed by atoms with E-state index in [1.54, 1.807) is 0 Å². The van der Waals surface area contributed by atoms with Crippen LogP contribution < -0.4 is 10.2 Å². The number of rotatable bonds is 4. The molecule has 5 nitrogen and oxygen atoms in total. The van der Waals surface area contributed by atoms with Crippen molar-refractivity contribution < 1.29 is 23.1 Å². The van der Waals surface area contributed by atoms with Crippen molar-refractivity contribution >= 4 is 23.5 Å². The van der Waals surface area contributed by atoms with Crippen LogP contribution in [-0.2, 0) is 16.7 Å². The maximum absolute atomic E-state index is 13.3. The van der Waals surface area contributed by atoms with Gasteiger partial charge in [-0.2, -0.15) is 13.2 Å². The molecule has 0 amide bonds. The van der Waals surface area contributed by atoms with E-state index in [0.717, 1.165) is 62.1 Å². The van der Waals surface area contributed by atoms with E-state index in [9.17, 15) is 13.2 Å². The highest BCUT2D eigenvalue weighted by molar-refractivity contribution is 7.98. The number of aromatic nitrogens is 1. The molecule has 1 fully saturated rings. The normalized spacial score (nSPS) is 14.2. The fraction of sp³-hybridized carbons (Fsp3) is 0.400. The van der Waals surface area contributed by atoms with Crippen LogP contribution >= 0.6 is 11.8 Å². The van der Waals surface area contributed by atoms with E-state index in [1.165, 1.54) is 6.07 Å². The molecule has 2 N–H and O–H groups in total. The third kappa shape index (κ3) is 7.58. The summed E-state index contributed by atoms with van der Waals surface area (Å²) in [6.45, 7) is 6.18. The number of hydrogen-bond acceptors (Lipinski definition) is 5. The number of aryl methyl sites for hydroxylation is 1.